The van der Waals surface area contributed by atoms with Crippen LogP contribution in [-0.2, 0) is 16.6 Å². The first-order valence-corrected chi connectivity index (χ1v) is 7.24. The van der Waals surface area contributed by atoms with Crippen LogP contribution in [0.15, 0.2) is 22.7 Å². The molecule has 0 amide bonds. The Morgan fingerprint density at radius 3 is 2.75 bits per heavy atom. The van der Waals surface area contributed by atoms with Gasteiger partial charge in [0.25, 0.3) is 0 Å². The van der Waals surface area contributed by atoms with Crippen molar-refractivity contribution in [2.45, 2.75) is 18.7 Å². The van der Waals surface area contributed by atoms with Crippen LogP contribution in [0.4, 0.5) is 0 Å². The zero-order valence-electron chi connectivity index (χ0n) is 9.40. The highest BCUT2D eigenvalue weighted by atomic mass is 79.9. The van der Waals surface area contributed by atoms with Gasteiger partial charge in [-0.15, -0.1) is 0 Å². The number of methoxy groups -OCH3 is 1. The minimum Gasteiger partial charge on any atom is -0.496 e. The van der Waals surface area contributed by atoms with Crippen molar-refractivity contribution in [2.24, 2.45) is 5.73 Å². The van der Waals surface area contributed by atoms with Crippen LogP contribution in [0, 0.1) is 0 Å². The molecule has 0 fully saturated rings. The molecule has 16 heavy (non-hydrogen) atoms. The maximum Gasteiger partial charge on any atom is 0.133 e. The SMILES string of the molecule is COc1ccc(CS(=O)CC(C)N)cc1Br. The minimum atomic E-state index is -0.905. The summed E-state index contributed by atoms with van der Waals surface area (Å²) in [4.78, 5) is 0. The lowest BCUT2D eigenvalue weighted by Gasteiger charge is -2.07. The lowest BCUT2D eigenvalue weighted by atomic mass is 10.2. The summed E-state index contributed by atoms with van der Waals surface area (Å²) in [5.74, 6) is 1.84. The molecule has 5 heteroatoms. The van der Waals surface area contributed by atoms with Crippen LogP contribution >= 0.6 is 15.9 Å². The van der Waals surface area contributed by atoms with Crippen LogP contribution in [0.25, 0.3) is 0 Å². The number of nitrogens with two attached hydrogens (primary N) is 1. The third kappa shape index (κ3) is 4.23. The Bertz CT molecular complexity index is 382. The van der Waals surface area contributed by atoms with Gasteiger partial charge in [0.15, 0.2) is 0 Å². The zero-order valence-corrected chi connectivity index (χ0v) is 11.8. The van der Waals surface area contributed by atoms with Gasteiger partial charge in [0.2, 0.25) is 0 Å². The summed E-state index contributed by atoms with van der Waals surface area (Å²) in [6, 6.07) is 5.69. The molecule has 1 rings (SSSR count). The van der Waals surface area contributed by atoms with E-state index in [0.29, 0.717) is 11.5 Å². The first-order valence-electron chi connectivity index (χ1n) is 4.96. The van der Waals surface area contributed by atoms with E-state index in [1.165, 1.54) is 0 Å². The minimum absolute atomic E-state index is 0.0254. The van der Waals surface area contributed by atoms with Gasteiger partial charge in [0.05, 0.1) is 11.6 Å². The van der Waals surface area contributed by atoms with Crippen molar-refractivity contribution in [1.82, 2.24) is 0 Å². The fourth-order valence-electron chi connectivity index (χ4n) is 1.34. The predicted octanol–water partition coefficient (Wildman–Crippen LogP) is 2.05. The molecule has 2 unspecified atom stereocenters. The van der Waals surface area contributed by atoms with E-state index in [4.69, 9.17) is 10.5 Å². The van der Waals surface area contributed by atoms with E-state index < -0.39 is 10.8 Å². The number of hydrogen-bond acceptors (Lipinski definition) is 3. The van der Waals surface area contributed by atoms with Crippen LogP contribution < -0.4 is 10.5 Å². The maximum absolute atomic E-state index is 11.7. The van der Waals surface area contributed by atoms with Gasteiger partial charge in [0.1, 0.15) is 5.75 Å². The van der Waals surface area contributed by atoms with Crippen molar-refractivity contribution in [3.05, 3.63) is 28.2 Å². The fraction of sp³-hybridized carbons (Fsp3) is 0.455. The molecule has 0 aliphatic heterocycles. The van der Waals surface area contributed by atoms with Gasteiger partial charge in [-0.3, -0.25) is 4.21 Å². The zero-order chi connectivity index (χ0) is 12.1. The summed E-state index contributed by atoms with van der Waals surface area (Å²) >= 11 is 3.40. The molecule has 0 aliphatic rings. The molecule has 0 saturated carbocycles. The molecule has 1 aromatic carbocycles. The van der Waals surface area contributed by atoms with E-state index in [9.17, 15) is 4.21 Å². The molecular formula is C11H16BrNO2S. The second kappa shape index (κ2) is 6.37. The molecule has 0 saturated heterocycles. The Morgan fingerprint density at radius 2 is 2.25 bits per heavy atom. The predicted molar refractivity (Wildman–Crippen MR) is 71.1 cm³/mol. The highest BCUT2D eigenvalue weighted by Gasteiger charge is 2.07. The third-order valence-corrected chi connectivity index (χ3v) is 4.17. The molecule has 90 valence electrons. The van der Waals surface area contributed by atoms with Crippen LogP contribution in [-0.4, -0.2) is 23.1 Å². The molecule has 1 aromatic rings. The summed E-state index contributed by atoms with van der Waals surface area (Å²) in [5, 5.41) is 0. The van der Waals surface area contributed by atoms with Gasteiger partial charge in [-0.25, -0.2) is 0 Å². The lowest BCUT2D eigenvalue weighted by molar-refractivity contribution is 0.412. The van der Waals surface area contributed by atoms with Crippen LogP contribution in [0.1, 0.15) is 12.5 Å². The Morgan fingerprint density at radius 1 is 1.56 bits per heavy atom. The Labute approximate surface area is 107 Å². The van der Waals surface area contributed by atoms with Crippen molar-refractivity contribution in [1.29, 1.82) is 0 Å². The van der Waals surface area contributed by atoms with Crippen molar-refractivity contribution in [3.63, 3.8) is 0 Å². The first-order chi connectivity index (χ1) is 7.52. The molecule has 0 bridgehead atoms. The van der Waals surface area contributed by atoms with E-state index in [2.05, 4.69) is 15.9 Å². The van der Waals surface area contributed by atoms with Gasteiger partial charge in [0, 0.05) is 28.3 Å². The number of ether oxygens (including phenoxy) is 1. The lowest BCUT2D eigenvalue weighted by Crippen LogP contribution is -2.23. The highest BCUT2D eigenvalue weighted by Crippen LogP contribution is 2.25. The highest BCUT2D eigenvalue weighted by molar-refractivity contribution is 9.10. The molecule has 0 aliphatic carbocycles. The average molecular weight is 306 g/mol. The Kier molecular flexibility index (Phi) is 5.44. The van der Waals surface area contributed by atoms with Gasteiger partial charge < -0.3 is 10.5 Å². The summed E-state index contributed by atoms with van der Waals surface area (Å²) in [6.45, 7) is 1.86. The second-order valence-electron chi connectivity index (χ2n) is 3.70. The smallest absolute Gasteiger partial charge is 0.133 e. The molecule has 2 N–H and O–H groups in total. The van der Waals surface area contributed by atoms with Crippen molar-refractivity contribution < 1.29 is 8.95 Å². The third-order valence-electron chi connectivity index (χ3n) is 1.99. The molecular weight excluding hydrogens is 290 g/mol. The largest absolute Gasteiger partial charge is 0.496 e. The van der Waals surface area contributed by atoms with Gasteiger partial charge in [-0.1, -0.05) is 6.07 Å². The summed E-state index contributed by atoms with van der Waals surface area (Å²) in [7, 11) is 0.714. The van der Waals surface area contributed by atoms with Gasteiger partial charge in [-0.05, 0) is 40.5 Å². The standard InChI is InChI=1S/C11H16BrNO2S/c1-8(13)6-16(14)7-9-3-4-11(15-2)10(12)5-9/h3-5,8H,6-7,13H2,1-2H3. The van der Waals surface area contributed by atoms with Crippen molar-refractivity contribution >= 4 is 26.7 Å². The number of hydrogen-bond donors (Lipinski definition) is 1. The van der Waals surface area contributed by atoms with E-state index in [0.717, 1.165) is 15.8 Å². The topological polar surface area (TPSA) is 52.3 Å². The van der Waals surface area contributed by atoms with E-state index >= 15 is 0 Å². The average Bonchev–Trinajstić information content (AvgIpc) is 2.16. The number of benzene rings is 1. The Balaban J connectivity index is 2.68. The first kappa shape index (κ1) is 13.7. The molecule has 0 heterocycles. The van der Waals surface area contributed by atoms with Crippen LogP contribution in [0.3, 0.4) is 0 Å². The molecule has 2 atom stereocenters. The maximum atomic E-state index is 11.7. The van der Waals surface area contributed by atoms with Crippen LogP contribution in [0.2, 0.25) is 0 Å². The number of rotatable bonds is 5. The normalized spacial score (nSPS) is 14.5. The summed E-state index contributed by atoms with van der Waals surface area (Å²) in [6.07, 6.45) is 0. The summed E-state index contributed by atoms with van der Waals surface area (Å²) in [5.41, 5.74) is 6.62. The molecule has 0 radical (unpaired) electrons. The second-order valence-corrected chi connectivity index (χ2v) is 6.05. The quantitative estimate of drug-likeness (QED) is 0.906. The number of halogens is 1. The van der Waals surface area contributed by atoms with Gasteiger partial charge in [-0.2, -0.15) is 0 Å². The Hall–Kier alpha value is -0.390. The molecule has 0 spiro atoms. The molecule has 0 aromatic heterocycles. The van der Waals surface area contributed by atoms with E-state index in [-0.39, 0.29) is 6.04 Å². The molecule has 3 nitrogen and oxygen atoms in total. The fourth-order valence-corrected chi connectivity index (χ4v) is 3.18. The van der Waals surface area contributed by atoms with E-state index in [1.807, 2.05) is 25.1 Å². The summed E-state index contributed by atoms with van der Waals surface area (Å²) < 4.78 is 17.7. The van der Waals surface area contributed by atoms with Crippen molar-refractivity contribution in [2.75, 3.05) is 12.9 Å². The monoisotopic (exact) mass is 305 g/mol. The van der Waals surface area contributed by atoms with Crippen LogP contribution in [0.5, 0.6) is 5.75 Å². The van der Waals surface area contributed by atoms with Gasteiger partial charge >= 0.3 is 0 Å². The van der Waals surface area contributed by atoms with Crippen molar-refractivity contribution in [3.8, 4) is 5.75 Å². The van der Waals surface area contributed by atoms with E-state index in [1.54, 1.807) is 7.11 Å².